The number of aliphatic hydroxyl groups is 1. The summed E-state index contributed by atoms with van der Waals surface area (Å²) in [5.74, 6) is 0. The Bertz CT molecular complexity index is 273. The summed E-state index contributed by atoms with van der Waals surface area (Å²) in [7, 11) is 1.95. The number of nitrogens with zero attached hydrogens (tertiary/aromatic N) is 2. The van der Waals surface area contributed by atoms with E-state index in [0.29, 0.717) is 6.54 Å². The van der Waals surface area contributed by atoms with Crippen LogP contribution in [0.25, 0.3) is 0 Å². The first-order valence-electron chi connectivity index (χ1n) is 5.59. The van der Waals surface area contributed by atoms with Gasteiger partial charge in [-0.05, 0) is 12.5 Å². The second kappa shape index (κ2) is 6.58. The molecule has 0 bridgehead atoms. The lowest BCUT2D eigenvalue weighted by Crippen LogP contribution is -2.28. The predicted molar refractivity (Wildman–Crippen MR) is 60.7 cm³/mol. The van der Waals surface area contributed by atoms with Gasteiger partial charge < -0.3 is 10.4 Å². The van der Waals surface area contributed by atoms with E-state index < -0.39 is 0 Å². The van der Waals surface area contributed by atoms with Gasteiger partial charge in [-0.25, -0.2) is 0 Å². The molecule has 0 aliphatic rings. The number of aryl methyl sites for hydroxylation is 1. The van der Waals surface area contributed by atoms with Crippen molar-refractivity contribution < 1.29 is 5.11 Å². The van der Waals surface area contributed by atoms with Crippen LogP contribution in [0.2, 0.25) is 0 Å². The molecule has 1 heterocycles. The van der Waals surface area contributed by atoms with Crippen LogP contribution in [-0.4, -0.2) is 34.1 Å². The summed E-state index contributed by atoms with van der Waals surface area (Å²) in [6.45, 7) is 3.66. The van der Waals surface area contributed by atoms with Crippen molar-refractivity contribution in [3.63, 3.8) is 0 Å². The van der Waals surface area contributed by atoms with Crippen LogP contribution < -0.4 is 5.32 Å². The summed E-state index contributed by atoms with van der Waals surface area (Å²) in [5, 5.41) is 16.8. The summed E-state index contributed by atoms with van der Waals surface area (Å²) in [5.41, 5.74) is 1.22. The van der Waals surface area contributed by atoms with E-state index in [1.54, 1.807) is 6.20 Å². The molecule has 0 saturated heterocycles. The van der Waals surface area contributed by atoms with Gasteiger partial charge in [-0.2, -0.15) is 5.10 Å². The summed E-state index contributed by atoms with van der Waals surface area (Å²) in [4.78, 5) is 0. The molecule has 1 rings (SSSR count). The van der Waals surface area contributed by atoms with Gasteiger partial charge in [0.2, 0.25) is 0 Å². The lowest BCUT2D eigenvalue weighted by atomic mass is 10.2. The van der Waals surface area contributed by atoms with Gasteiger partial charge in [-0.1, -0.05) is 13.3 Å². The maximum Gasteiger partial charge on any atom is 0.0664 e. The van der Waals surface area contributed by atoms with E-state index in [9.17, 15) is 5.11 Å². The van der Waals surface area contributed by atoms with Gasteiger partial charge in [0.05, 0.1) is 6.10 Å². The highest BCUT2D eigenvalue weighted by Gasteiger charge is 2.02. The maximum atomic E-state index is 9.48. The molecule has 0 spiro atoms. The predicted octanol–water partition coefficient (Wildman–Crippen LogP) is 0.713. The number of nitrogens with one attached hydrogen (secondary N) is 1. The van der Waals surface area contributed by atoms with E-state index in [-0.39, 0.29) is 6.10 Å². The summed E-state index contributed by atoms with van der Waals surface area (Å²) in [6.07, 6.45) is 4.46. The molecule has 0 saturated carbocycles. The molecule has 4 nitrogen and oxygen atoms in total. The largest absolute Gasteiger partial charge is 0.392 e. The quantitative estimate of drug-likeness (QED) is 0.653. The number of hydrogen-bond donors (Lipinski definition) is 2. The molecule has 15 heavy (non-hydrogen) atoms. The maximum absolute atomic E-state index is 9.48. The second-order valence-corrected chi connectivity index (χ2v) is 3.84. The Morgan fingerprint density at radius 2 is 2.40 bits per heavy atom. The van der Waals surface area contributed by atoms with Crippen molar-refractivity contribution in [2.45, 2.75) is 32.3 Å². The first-order chi connectivity index (χ1) is 7.24. The van der Waals surface area contributed by atoms with Crippen LogP contribution in [0, 0.1) is 0 Å². The van der Waals surface area contributed by atoms with Gasteiger partial charge in [-0.3, -0.25) is 4.68 Å². The third kappa shape index (κ3) is 4.44. The molecule has 1 atom stereocenters. The van der Waals surface area contributed by atoms with E-state index in [0.717, 1.165) is 25.8 Å². The molecule has 0 fully saturated rings. The Kier molecular flexibility index (Phi) is 5.36. The fourth-order valence-electron chi connectivity index (χ4n) is 1.57. The fourth-order valence-corrected chi connectivity index (χ4v) is 1.57. The number of aromatic nitrogens is 2. The van der Waals surface area contributed by atoms with Crippen molar-refractivity contribution in [2.24, 2.45) is 7.05 Å². The van der Waals surface area contributed by atoms with Crippen molar-refractivity contribution in [1.82, 2.24) is 15.1 Å². The zero-order valence-corrected chi connectivity index (χ0v) is 9.61. The topological polar surface area (TPSA) is 50.1 Å². The highest BCUT2D eigenvalue weighted by Crippen LogP contribution is 1.97. The lowest BCUT2D eigenvalue weighted by Gasteiger charge is -2.10. The lowest BCUT2D eigenvalue weighted by molar-refractivity contribution is 0.161. The van der Waals surface area contributed by atoms with Gasteiger partial charge in [-0.15, -0.1) is 0 Å². The number of hydrogen-bond acceptors (Lipinski definition) is 3. The van der Waals surface area contributed by atoms with Gasteiger partial charge in [0, 0.05) is 38.4 Å². The van der Waals surface area contributed by atoms with Crippen LogP contribution in [0.4, 0.5) is 0 Å². The molecule has 2 N–H and O–H groups in total. The third-order valence-electron chi connectivity index (χ3n) is 2.48. The zero-order valence-electron chi connectivity index (χ0n) is 9.61. The van der Waals surface area contributed by atoms with Crippen molar-refractivity contribution in [1.29, 1.82) is 0 Å². The number of rotatable bonds is 7. The monoisotopic (exact) mass is 211 g/mol. The molecular formula is C11H21N3O. The van der Waals surface area contributed by atoms with Crippen LogP contribution in [0.3, 0.4) is 0 Å². The average Bonchev–Trinajstić information content (AvgIpc) is 2.60. The smallest absolute Gasteiger partial charge is 0.0664 e. The van der Waals surface area contributed by atoms with Crippen molar-refractivity contribution in [3.05, 3.63) is 18.0 Å². The minimum atomic E-state index is -0.207. The van der Waals surface area contributed by atoms with Crippen molar-refractivity contribution in [2.75, 3.05) is 13.1 Å². The Labute approximate surface area is 91.3 Å². The second-order valence-electron chi connectivity index (χ2n) is 3.84. The Hall–Kier alpha value is -0.870. The Morgan fingerprint density at radius 1 is 1.60 bits per heavy atom. The third-order valence-corrected chi connectivity index (χ3v) is 2.48. The minimum Gasteiger partial charge on any atom is -0.392 e. The van der Waals surface area contributed by atoms with E-state index in [1.165, 1.54) is 5.69 Å². The van der Waals surface area contributed by atoms with Crippen molar-refractivity contribution in [3.8, 4) is 0 Å². The summed E-state index contributed by atoms with van der Waals surface area (Å²) in [6, 6.07) is 2.02. The zero-order chi connectivity index (χ0) is 11.1. The molecule has 0 aliphatic carbocycles. The molecular weight excluding hydrogens is 190 g/mol. The molecule has 4 heteroatoms. The van der Waals surface area contributed by atoms with Gasteiger partial charge in [0.15, 0.2) is 0 Å². The first kappa shape index (κ1) is 12.2. The fraction of sp³-hybridized carbons (Fsp3) is 0.727. The standard InChI is InChI=1S/C11H21N3O/c1-3-4-11(15)9-12-7-5-10-6-8-13-14(10)2/h6,8,11-12,15H,3-5,7,9H2,1-2H3. The summed E-state index contributed by atoms with van der Waals surface area (Å²) >= 11 is 0. The van der Waals surface area contributed by atoms with Crippen LogP contribution in [0.5, 0.6) is 0 Å². The molecule has 0 amide bonds. The van der Waals surface area contributed by atoms with Gasteiger partial charge >= 0.3 is 0 Å². The normalized spacial score (nSPS) is 13.0. The molecule has 1 unspecified atom stereocenters. The van der Waals surface area contributed by atoms with Crippen LogP contribution in [-0.2, 0) is 13.5 Å². The SMILES string of the molecule is CCCC(O)CNCCc1ccnn1C. The molecule has 1 aromatic rings. The molecule has 0 aliphatic heterocycles. The Balaban J connectivity index is 2.09. The highest BCUT2D eigenvalue weighted by atomic mass is 16.3. The van der Waals surface area contributed by atoms with E-state index in [4.69, 9.17) is 0 Å². The molecule has 86 valence electrons. The molecule has 1 aromatic heterocycles. The minimum absolute atomic E-state index is 0.207. The number of aliphatic hydroxyl groups excluding tert-OH is 1. The van der Waals surface area contributed by atoms with Crippen LogP contribution >= 0.6 is 0 Å². The average molecular weight is 211 g/mol. The first-order valence-corrected chi connectivity index (χ1v) is 5.59. The van der Waals surface area contributed by atoms with Gasteiger partial charge in [0.1, 0.15) is 0 Å². The molecule has 0 radical (unpaired) electrons. The molecule has 0 aromatic carbocycles. The van der Waals surface area contributed by atoms with E-state index in [2.05, 4.69) is 17.3 Å². The summed E-state index contributed by atoms with van der Waals surface area (Å²) < 4.78 is 1.88. The van der Waals surface area contributed by atoms with Crippen molar-refractivity contribution >= 4 is 0 Å². The van der Waals surface area contributed by atoms with Crippen LogP contribution in [0.15, 0.2) is 12.3 Å². The van der Waals surface area contributed by atoms with E-state index >= 15 is 0 Å². The van der Waals surface area contributed by atoms with E-state index in [1.807, 2.05) is 17.8 Å². The van der Waals surface area contributed by atoms with Crippen LogP contribution in [0.1, 0.15) is 25.5 Å². The Morgan fingerprint density at radius 3 is 3.00 bits per heavy atom. The van der Waals surface area contributed by atoms with Gasteiger partial charge in [0.25, 0.3) is 0 Å². The highest BCUT2D eigenvalue weighted by molar-refractivity contribution is 5.00.